The number of carbonyl (C=O) groups is 4. The smallest absolute Gasteiger partial charge is 0.354 e. The van der Waals surface area contributed by atoms with Gasteiger partial charge in [-0.3, -0.25) is 19.3 Å². The molecule has 3 fully saturated rings. The van der Waals surface area contributed by atoms with Crippen molar-refractivity contribution in [2.75, 3.05) is 24.6 Å². The molecule has 1 saturated carbocycles. The van der Waals surface area contributed by atoms with Crippen LogP contribution >= 0.6 is 0 Å². The normalized spacial score (nSPS) is 25.9. The lowest BCUT2D eigenvalue weighted by atomic mass is 9.96. The van der Waals surface area contributed by atoms with Gasteiger partial charge >= 0.3 is 5.97 Å². The highest BCUT2D eigenvalue weighted by atomic mass is 16.5. The van der Waals surface area contributed by atoms with Crippen LogP contribution in [0.5, 0.6) is 0 Å². The van der Waals surface area contributed by atoms with Gasteiger partial charge in [0.1, 0.15) is 0 Å². The molecule has 3 amide bonds. The third-order valence-corrected chi connectivity index (χ3v) is 6.32. The van der Waals surface area contributed by atoms with Crippen molar-refractivity contribution in [1.29, 1.82) is 0 Å². The first-order valence-corrected chi connectivity index (χ1v) is 10.2. The van der Waals surface area contributed by atoms with E-state index in [9.17, 15) is 19.2 Å². The Bertz CT molecular complexity index is 905. The highest BCUT2D eigenvalue weighted by molar-refractivity contribution is 6.15. The Hall–Kier alpha value is -2.90. The van der Waals surface area contributed by atoms with Crippen LogP contribution in [0.15, 0.2) is 24.3 Å². The lowest BCUT2D eigenvalue weighted by Gasteiger charge is -2.48. The van der Waals surface area contributed by atoms with Crippen LogP contribution in [0.4, 0.5) is 5.69 Å². The van der Waals surface area contributed by atoms with Gasteiger partial charge in [-0.25, -0.2) is 4.79 Å². The molecule has 0 N–H and O–H groups in total. The Balaban J connectivity index is 1.49. The molecule has 8 heteroatoms. The van der Waals surface area contributed by atoms with Crippen molar-refractivity contribution in [2.45, 2.75) is 50.2 Å². The van der Waals surface area contributed by atoms with E-state index in [0.717, 1.165) is 25.7 Å². The monoisotopic (exact) mass is 397 g/mol. The topological polar surface area (TPSA) is 87.2 Å². The molecule has 1 aromatic carbocycles. The zero-order valence-electron chi connectivity index (χ0n) is 16.1. The van der Waals surface area contributed by atoms with Crippen molar-refractivity contribution in [3.63, 3.8) is 0 Å². The van der Waals surface area contributed by atoms with E-state index in [1.807, 2.05) is 0 Å². The van der Waals surface area contributed by atoms with Gasteiger partial charge in [0.15, 0.2) is 6.61 Å². The molecule has 1 aliphatic carbocycles. The minimum absolute atomic E-state index is 0.0916. The zero-order valence-corrected chi connectivity index (χ0v) is 16.1. The molecule has 29 heavy (non-hydrogen) atoms. The van der Waals surface area contributed by atoms with Crippen LogP contribution in [-0.2, 0) is 19.1 Å². The van der Waals surface area contributed by atoms with Gasteiger partial charge in [0.05, 0.1) is 11.3 Å². The lowest BCUT2D eigenvalue weighted by Crippen LogP contribution is -2.69. The Morgan fingerprint density at radius 3 is 2.55 bits per heavy atom. The van der Waals surface area contributed by atoms with E-state index in [1.165, 1.54) is 4.90 Å². The molecular weight excluding hydrogens is 374 g/mol. The minimum Gasteiger partial charge on any atom is -0.452 e. The summed E-state index contributed by atoms with van der Waals surface area (Å²) in [6.07, 6.45) is 3.81. The molecular formula is C21H23N3O5. The maximum absolute atomic E-state index is 13.4. The molecule has 4 aliphatic rings. The Morgan fingerprint density at radius 1 is 1.10 bits per heavy atom. The number of carbonyl (C=O) groups excluding carboxylic acids is 4. The third kappa shape index (κ3) is 2.65. The molecule has 0 radical (unpaired) electrons. The number of hydrogen-bond donors (Lipinski definition) is 0. The minimum atomic E-state index is -1.49. The van der Waals surface area contributed by atoms with Gasteiger partial charge in [-0.2, -0.15) is 0 Å². The summed E-state index contributed by atoms with van der Waals surface area (Å²) < 4.78 is 5.46. The van der Waals surface area contributed by atoms with Crippen molar-refractivity contribution in [3.05, 3.63) is 29.8 Å². The summed E-state index contributed by atoms with van der Waals surface area (Å²) in [6.45, 7) is 0.982. The fourth-order valence-electron chi connectivity index (χ4n) is 4.81. The van der Waals surface area contributed by atoms with E-state index >= 15 is 0 Å². The highest BCUT2D eigenvalue weighted by Gasteiger charge is 2.64. The number of para-hydroxylation sites is 1. The van der Waals surface area contributed by atoms with Crippen LogP contribution in [0.3, 0.4) is 0 Å². The molecule has 1 aromatic rings. The van der Waals surface area contributed by atoms with Gasteiger partial charge in [-0.1, -0.05) is 12.1 Å². The molecule has 2 saturated heterocycles. The quantitative estimate of drug-likeness (QED) is 0.715. The summed E-state index contributed by atoms with van der Waals surface area (Å²) in [5.41, 5.74) is -0.624. The number of anilines is 1. The number of rotatable bonds is 4. The Kier molecular flexibility index (Phi) is 4.11. The maximum atomic E-state index is 13.4. The number of esters is 1. The highest BCUT2D eigenvalue weighted by Crippen LogP contribution is 2.49. The van der Waals surface area contributed by atoms with E-state index in [0.29, 0.717) is 24.3 Å². The molecule has 3 aliphatic heterocycles. The molecule has 5 rings (SSSR count). The van der Waals surface area contributed by atoms with Crippen LogP contribution in [0.1, 0.15) is 48.9 Å². The molecule has 0 bridgehead atoms. The zero-order chi connectivity index (χ0) is 20.2. The first-order chi connectivity index (χ1) is 14.0. The van der Waals surface area contributed by atoms with Crippen LogP contribution in [0.25, 0.3) is 0 Å². The SMILES string of the molecule is O=C(COC(=O)[C@@]12CCC(=O)N1c1ccccc1C(=O)N2C1CC1)N1CCCC1. The number of likely N-dealkylation sites (tertiary alicyclic amines) is 1. The maximum Gasteiger partial charge on any atom is 0.354 e. The standard InChI is InChI=1S/C21H23N3O5/c25-17-9-10-21(20(28)29-13-18(26)22-11-3-4-12-22)23(14-7-8-14)19(27)15-5-1-2-6-16(15)24(17)21/h1-2,5-6,14H,3-4,7-13H2/t21-/m1/s1. The molecule has 1 atom stereocenters. The fraction of sp³-hybridized carbons (Fsp3) is 0.524. The average Bonchev–Trinajstić information content (AvgIpc) is 3.27. The summed E-state index contributed by atoms with van der Waals surface area (Å²) in [7, 11) is 0. The van der Waals surface area contributed by atoms with Crippen LogP contribution in [0, 0.1) is 0 Å². The van der Waals surface area contributed by atoms with Crippen LogP contribution in [0.2, 0.25) is 0 Å². The van der Waals surface area contributed by atoms with E-state index in [4.69, 9.17) is 4.74 Å². The van der Waals surface area contributed by atoms with Gasteiger partial charge in [0.2, 0.25) is 11.6 Å². The van der Waals surface area contributed by atoms with Gasteiger partial charge in [0, 0.05) is 32.0 Å². The predicted molar refractivity (Wildman–Crippen MR) is 102 cm³/mol. The molecule has 0 aromatic heterocycles. The Labute approximate surface area is 168 Å². The number of nitrogens with zero attached hydrogens (tertiary/aromatic N) is 3. The van der Waals surface area contributed by atoms with Gasteiger partial charge in [-0.15, -0.1) is 0 Å². The third-order valence-electron chi connectivity index (χ3n) is 6.32. The van der Waals surface area contributed by atoms with E-state index in [1.54, 1.807) is 34.1 Å². The second kappa shape index (κ2) is 6.57. The lowest BCUT2D eigenvalue weighted by molar-refractivity contribution is -0.162. The summed E-state index contributed by atoms with van der Waals surface area (Å²) in [4.78, 5) is 56.5. The number of fused-ring (bicyclic) bond motifs is 3. The number of benzene rings is 1. The predicted octanol–water partition coefficient (Wildman–Crippen LogP) is 1.29. The molecule has 3 heterocycles. The van der Waals surface area contributed by atoms with Crippen molar-refractivity contribution < 1.29 is 23.9 Å². The van der Waals surface area contributed by atoms with E-state index in [-0.39, 0.29) is 43.2 Å². The summed E-state index contributed by atoms with van der Waals surface area (Å²) in [5.74, 6) is -1.38. The van der Waals surface area contributed by atoms with Gasteiger partial charge < -0.3 is 14.5 Å². The summed E-state index contributed by atoms with van der Waals surface area (Å²) >= 11 is 0. The molecule has 0 unspecified atom stereocenters. The summed E-state index contributed by atoms with van der Waals surface area (Å²) in [5, 5.41) is 0. The van der Waals surface area contributed by atoms with Crippen molar-refractivity contribution >= 4 is 29.4 Å². The fourth-order valence-corrected chi connectivity index (χ4v) is 4.81. The first-order valence-electron chi connectivity index (χ1n) is 10.2. The first kappa shape index (κ1) is 18.1. The van der Waals surface area contributed by atoms with Crippen molar-refractivity contribution in [2.24, 2.45) is 0 Å². The second-order valence-electron chi connectivity index (χ2n) is 8.13. The second-order valence-corrected chi connectivity index (χ2v) is 8.13. The number of ether oxygens (including phenoxy) is 1. The number of hydrogen-bond acceptors (Lipinski definition) is 5. The number of amides is 3. The van der Waals surface area contributed by atoms with Crippen molar-refractivity contribution in [1.82, 2.24) is 9.80 Å². The largest absolute Gasteiger partial charge is 0.452 e. The molecule has 8 nitrogen and oxygen atoms in total. The molecule has 152 valence electrons. The average molecular weight is 397 g/mol. The van der Waals surface area contributed by atoms with Crippen molar-refractivity contribution in [3.8, 4) is 0 Å². The van der Waals surface area contributed by atoms with E-state index < -0.39 is 11.6 Å². The Morgan fingerprint density at radius 2 is 1.83 bits per heavy atom. The van der Waals surface area contributed by atoms with Crippen LogP contribution < -0.4 is 4.90 Å². The molecule has 0 spiro atoms. The van der Waals surface area contributed by atoms with Crippen LogP contribution in [-0.4, -0.2) is 64.9 Å². The van der Waals surface area contributed by atoms with Gasteiger partial charge in [-0.05, 0) is 37.8 Å². The van der Waals surface area contributed by atoms with Gasteiger partial charge in [0.25, 0.3) is 11.8 Å². The van der Waals surface area contributed by atoms with E-state index in [2.05, 4.69) is 0 Å². The summed E-state index contributed by atoms with van der Waals surface area (Å²) in [6, 6.07) is 6.79.